The lowest BCUT2D eigenvalue weighted by molar-refractivity contribution is 0.473. The summed E-state index contributed by atoms with van der Waals surface area (Å²) in [6, 6.07) is 0.0808. The van der Waals surface area contributed by atoms with Gasteiger partial charge in [0, 0.05) is 6.04 Å². The Morgan fingerprint density at radius 1 is 1.44 bits per heavy atom. The molecule has 1 heterocycles. The van der Waals surface area contributed by atoms with Crippen LogP contribution < -0.4 is 10.5 Å². The number of sulfonamides is 1. The first-order valence-corrected chi connectivity index (χ1v) is 7.75. The molecule has 0 unspecified atom stereocenters. The molecule has 0 amide bonds. The van der Waals surface area contributed by atoms with E-state index in [1.807, 2.05) is 0 Å². The van der Waals surface area contributed by atoms with Crippen LogP contribution in [0, 0.1) is 0 Å². The summed E-state index contributed by atoms with van der Waals surface area (Å²) in [6.07, 6.45) is 5.68. The summed E-state index contributed by atoms with van der Waals surface area (Å²) in [6.45, 7) is 3.55. The number of hydrogen-bond donors (Lipinski definition) is 2. The van der Waals surface area contributed by atoms with E-state index in [1.165, 1.54) is 6.20 Å². The third kappa shape index (κ3) is 2.51. The predicted molar refractivity (Wildman–Crippen MR) is 69.6 cm³/mol. The summed E-state index contributed by atoms with van der Waals surface area (Å²) >= 11 is 0. The lowest BCUT2D eigenvalue weighted by Crippen LogP contribution is -2.30. The first-order chi connectivity index (χ1) is 8.42. The summed E-state index contributed by atoms with van der Waals surface area (Å²) in [4.78, 5) is 0.0862. The number of nitrogens with zero attached hydrogens (tertiary/aromatic N) is 2. The number of anilines is 1. The molecule has 18 heavy (non-hydrogen) atoms. The lowest BCUT2D eigenvalue weighted by Gasteiger charge is -2.13. The molecule has 1 fully saturated rings. The Morgan fingerprint density at radius 3 is 2.61 bits per heavy atom. The zero-order chi connectivity index (χ0) is 13.3. The van der Waals surface area contributed by atoms with Crippen molar-refractivity contribution in [3.05, 3.63) is 6.20 Å². The van der Waals surface area contributed by atoms with Crippen molar-refractivity contribution in [2.75, 3.05) is 5.73 Å². The summed E-state index contributed by atoms with van der Waals surface area (Å²) < 4.78 is 28.3. The highest BCUT2D eigenvalue weighted by Crippen LogP contribution is 2.32. The number of rotatable bonds is 4. The zero-order valence-electron chi connectivity index (χ0n) is 10.8. The molecule has 1 aliphatic rings. The molecule has 6 nitrogen and oxygen atoms in total. The van der Waals surface area contributed by atoms with Crippen LogP contribution in [-0.2, 0) is 10.0 Å². The standard InChI is InChI=1S/C11H20N4O2S/c1-8(2)14-18(16,17)10-7-13-15(11(10)12)9-5-3-4-6-9/h7-9,14H,3-6,12H2,1-2H3. The second kappa shape index (κ2) is 4.89. The molecule has 0 aromatic carbocycles. The number of aromatic nitrogens is 2. The molecule has 102 valence electrons. The number of nitrogens with two attached hydrogens (primary N) is 1. The van der Waals surface area contributed by atoms with Gasteiger partial charge in [-0.1, -0.05) is 12.8 Å². The first kappa shape index (κ1) is 13.4. The monoisotopic (exact) mass is 272 g/mol. The quantitative estimate of drug-likeness (QED) is 0.863. The van der Waals surface area contributed by atoms with E-state index in [0.29, 0.717) is 0 Å². The van der Waals surface area contributed by atoms with E-state index >= 15 is 0 Å². The SMILES string of the molecule is CC(C)NS(=O)(=O)c1cnn(C2CCCC2)c1N. The molecule has 1 saturated carbocycles. The maximum Gasteiger partial charge on any atom is 0.246 e. The Balaban J connectivity index is 2.30. The minimum atomic E-state index is -3.56. The van der Waals surface area contributed by atoms with Gasteiger partial charge < -0.3 is 5.73 Å². The zero-order valence-corrected chi connectivity index (χ0v) is 11.6. The normalized spacial score (nSPS) is 17.7. The Kier molecular flexibility index (Phi) is 3.63. The fraction of sp³-hybridized carbons (Fsp3) is 0.727. The molecule has 1 aromatic rings. The fourth-order valence-corrected chi connectivity index (χ4v) is 3.68. The second-order valence-corrected chi connectivity index (χ2v) is 6.74. The Morgan fingerprint density at radius 2 is 2.06 bits per heavy atom. The summed E-state index contributed by atoms with van der Waals surface area (Å²) in [5, 5.41) is 4.14. The van der Waals surface area contributed by atoms with Crippen LogP contribution >= 0.6 is 0 Å². The van der Waals surface area contributed by atoms with Crippen LogP contribution in [0.25, 0.3) is 0 Å². The Hall–Kier alpha value is -1.08. The molecule has 0 radical (unpaired) electrons. The molecule has 0 bridgehead atoms. The van der Waals surface area contributed by atoms with Gasteiger partial charge in [0.1, 0.15) is 10.7 Å². The number of nitrogen functional groups attached to an aromatic ring is 1. The van der Waals surface area contributed by atoms with Crippen LogP contribution in [0.15, 0.2) is 11.1 Å². The van der Waals surface area contributed by atoms with Gasteiger partial charge in [0.2, 0.25) is 10.0 Å². The lowest BCUT2D eigenvalue weighted by atomic mass is 10.2. The van der Waals surface area contributed by atoms with Crippen molar-refractivity contribution in [2.24, 2.45) is 0 Å². The van der Waals surface area contributed by atoms with Gasteiger partial charge in [-0.3, -0.25) is 0 Å². The van der Waals surface area contributed by atoms with Gasteiger partial charge in [-0.25, -0.2) is 17.8 Å². The molecule has 0 atom stereocenters. The summed E-state index contributed by atoms with van der Waals surface area (Å²) in [5.74, 6) is 0.245. The Bertz CT molecular complexity index is 515. The average molecular weight is 272 g/mol. The molecule has 1 aliphatic carbocycles. The van der Waals surface area contributed by atoms with Crippen LogP contribution in [0.2, 0.25) is 0 Å². The molecule has 2 rings (SSSR count). The van der Waals surface area contributed by atoms with Crippen LogP contribution in [0.5, 0.6) is 0 Å². The minimum absolute atomic E-state index is 0.0862. The molecule has 1 aromatic heterocycles. The molecule has 7 heteroatoms. The fourth-order valence-electron chi connectivity index (χ4n) is 2.38. The van der Waals surface area contributed by atoms with Crippen molar-refractivity contribution in [3.8, 4) is 0 Å². The highest BCUT2D eigenvalue weighted by molar-refractivity contribution is 7.89. The van der Waals surface area contributed by atoms with Crippen molar-refractivity contribution in [2.45, 2.75) is 56.5 Å². The minimum Gasteiger partial charge on any atom is -0.383 e. The predicted octanol–water partition coefficient (Wildman–Crippen LogP) is 1.27. The molecular formula is C11H20N4O2S. The van der Waals surface area contributed by atoms with Crippen molar-refractivity contribution in [3.63, 3.8) is 0 Å². The first-order valence-electron chi connectivity index (χ1n) is 6.27. The highest BCUT2D eigenvalue weighted by Gasteiger charge is 2.26. The molecule has 0 saturated heterocycles. The molecular weight excluding hydrogens is 252 g/mol. The van der Waals surface area contributed by atoms with Gasteiger partial charge in [0.05, 0.1) is 12.2 Å². The van der Waals surface area contributed by atoms with Crippen molar-refractivity contribution in [1.29, 1.82) is 0 Å². The topological polar surface area (TPSA) is 90.0 Å². The van der Waals surface area contributed by atoms with E-state index in [4.69, 9.17) is 5.73 Å². The third-order valence-corrected chi connectivity index (χ3v) is 4.82. The van der Waals surface area contributed by atoms with Crippen LogP contribution in [0.3, 0.4) is 0 Å². The van der Waals surface area contributed by atoms with Crippen molar-refractivity contribution in [1.82, 2.24) is 14.5 Å². The molecule has 3 N–H and O–H groups in total. The van der Waals surface area contributed by atoms with Gasteiger partial charge in [-0.15, -0.1) is 0 Å². The largest absolute Gasteiger partial charge is 0.383 e. The van der Waals surface area contributed by atoms with Crippen LogP contribution in [-0.4, -0.2) is 24.2 Å². The van der Waals surface area contributed by atoms with E-state index < -0.39 is 10.0 Å². The van der Waals surface area contributed by atoms with Gasteiger partial charge >= 0.3 is 0 Å². The number of hydrogen-bond acceptors (Lipinski definition) is 4. The number of nitrogens with one attached hydrogen (secondary N) is 1. The van der Waals surface area contributed by atoms with E-state index in [9.17, 15) is 8.42 Å². The van der Waals surface area contributed by atoms with Crippen LogP contribution in [0.4, 0.5) is 5.82 Å². The maximum atomic E-state index is 12.0. The van der Waals surface area contributed by atoms with E-state index in [0.717, 1.165) is 25.7 Å². The van der Waals surface area contributed by atoms with E-state index in [1.54, 1.807) is 18.5 Å². The maximum absolute atomic E-state index is 12.0. The Labute approximate surface area is 108 Å². The van der Waals surface area contributed by atoms with E-state index in [-0.39, 0.29) is 22.8 Å². The van der Waals surface area contributed by atoms with Gasteiger partial charge in [-0.2, -0.15) is 5.10 Å². The second-order valence-electron chi connectivity index (χ2n) is 5.05. The van der Waals surface area contributed by atoms with E-state index in [2.05, 4.69) is 9.82 Å². The highest BCUT2D eigenvalue weighted by atomic mass is 32.2. The molecule has 0 spiro atoms. The summed E-state index contributed by atoms with van der Waals surface area (Å²) in [7, 11) is -3.56. The van der Waals surface area contributed by atoms with Crippen molar-refractivity contribution >= 4 is 15.8 Å². The third-order valence-electron chi connectivity index (χ3n) is 3.15. The van der Waals surface area contributed by atoms with Gasteiger partial charge in [-0.05, 0) is 26.7 Å². The van der Waals surface area contributed by atoms with Gasteiger partial charge in [0.15, 0.2) is 0 Å². The van der Waals surface area contributed by atoms with Gasteiger partial charge in [0.25, 0.3) is 0 Å². The smallest absolute Gasteiger partial charge is 0.246 e. The summed E-state index contributed by atoms with van der Waals surface area (Å²) in [5.41, 5.74) is 5.93. The molecule has 0 aliphatic heterocycles. The van der Waals surface area contributed by atoms with Crippen molar-refractivity contribution < 1.29 is 8.42 Å². The van der Waals surface area contributed by atoms with Crippen LogP contribution in [0.1, 0.15) is 45.6 Å². The average Bonchev–Trinajstić information content (AvgIpc) is 2.83.